The lowest BCUT2D eigenvalue weighted by atomic mass is 10.1. The molecule has 4 heteroatoms. The summed E-state index contributed by atoms with van der Waals surface area (Å²) in [5.41, 5.74) is 6.28. The van der Waals surface area contributed by atoms with Crippen LogP contribution >= 0.6 is 0 Å². The average molecular weight is 210 g/mol. The van der Waals surface area contributed by atoms with Crippen LogP contribution in [0.3, 0.4) is 0 Å². The van der Waals surface area contributed by atoms with Crippen LogP contribution in [0, 0.1) is 5.82 Å². The Hall–Kier alpha value is -1.42. The van der Waals surface area contributed by atoms with Gasteiger partial charge < -0.3 is 11.1 Å². The number of hydrogen-bond donors (Lipinski definition) is 2. The second-order valence-corrected chi connectivity index (χ2v) is 3.58. The maximum atomic E-state index is 12.6. The smallest absolute Gasteiger partial charge is 0.224 e. The zero-order valence-corrected chi connectivity index (χ0v) is 8.66. The molecule has 1 aromatic rings. The Morgan fingerprint density at radius 2 is 2.07 bits per heavy atom. The van der Waals surface area contributed by atoms with E-state index in [1.807, 2.05) is 6.92 Å². The summed E-state index contributed by atoms with van der Waals surface area (Å²) in [6, 6.07) is 5.83. The van der Waals surface area contributed by atoms with Crippen molar-refractivity contribution in [3.8, 4) is 0 Å². The first-order valence-electron chi connectivity index (χ1n) is 4.84. The molecule has 1 aromatic carbocycles. The summed E-state index contributed by atoms with van der Waals surface area (Å²) in [6.07, 6.45) is 0.257. The predicted octanol–water partition coefficient (Wildman–Crippen LogP) is 0.832. The topological polar surface area (TPSA) is 55.1 Å². The third-order valence-corrected chi connectivity index (χ3v) is 1.90. The van der Waals surface area contributed by atoms with E-state index in [9.17, 15) is 9.18 Å². The lowest BCUT2D eigenvalue weighted by Crippen LogP contribution is -2.35. The fourth-order valence-electron chi connectivity index (χ4n) is 1.12. The summed E-state index contributed by atoms with van der Waals surface area (Å²) < 4.78 is 12.6. The fourth-order valence-corrected chi connectivity index (χ4v) is 1.12. The SMILES string of the molecule is CC(N)CNC(=O)Cc1ccc(F)cc1. The molecule has 1 rings (SSSR count). The van der Waals surface area contributed by atoms with E-state index in [-0.39, 0.29) is 24.2 Å². The number of nitrogens with two attached hydrogens (primary N) is 1. The monoisotopic (exact) mass is 210 g/mol. The van der Waals surface area contributed by atoms with Crippen molar-refractivity contribution in [3.63, 3.8) is 0 Å². The Labute approximate surface area is 88.5 Å². The molecule has 1 atom stereocenters. The van der Waals surface area contributed by atoms with Crippen molar-refractivity contribution in [1.82, 2.24) is 5.32 Å². The number of nitrogens with one attached hydrogen (secondary N) is 1. The van der Waals surface area contributed by atoms with Crippen molar-refractivity contribution >= 4 is 5.91 Å². The first-order chi connectivity index (χ1) is 7.08. The first kappa shape index (κ1) is 11.7. The van der Waals surface area contributed by atoms with Gasteiger partial charge in [-0.25, -0.2) is 4.39 Å². The Morgan fingerprint density at radius 3 is 2.60 bits per heavy atom. The van der Waals surface area contributed by atoms with E-state index >= 15 is 0 Å². The molecule has 0 heterocycles. The van der Waals surface area contributed by atoms with Crippen LogP contribution in [0.5, 0.6) is 0 Å². The Kier molecular flexibility index (Phi) is 4.24. The van der Waals surface area contributed by atoms with Gasteiger partial charge in [0.15, 0.2) is 0 Å². The number of hydrogen-bond acceptors (Lipinski definition) is 2. The van der Waals surface area contributed by atoms with Gasteiger partial charge in [0, 0.05) is 12.6 Å². The van der Waals surface area contributed by atoms with E-state index in [0.717, 1.165) is 5.56 Å². The molecular formula is C11H15FN2O. The molecule has 1 amide bonds. The van der Waals surface area contributed by atoms with Crippen molar-refractivity contribution in [2.45, 2.75) is 19.4 Å². The lowest BCUT2D eigenvalue weighted by Gasteiger charge is -2.07. The number of carbonyl (C=O) groups excluding carboxylic acids is 1. The molecule has 0 saturated heterocycles. The molecule has 0 aliphatic rings. The second kappa shape index (κ2) is 5.46. The summed E-state index contributed by atoms with van der Waals surface area (Å²) in [5, 5.41) is 2.69. The Balaban J connectivity index is 2.41. The molecule has 0 aliphatic heterocycles. The van der Waals surface area contributed by atoms with E-state index < -0.39 is 0 Å². The maximum Gasteiger partial charge on any atom is 0.224 e. The first-order valence-corrected chi connectivity index (χ1v) is 4.84. The highest BCUT2D eigenvalue weighted by Crippen LogP contribution is 2.03. The summed E-state index contributed by atoms with van der Waals surface area (Å²) in [4.78, 5) is 11.3. The largest absolute Gasteiger partial charge is 0.354 e. The minimum atomic E-state index is -0.297. The zero-order valence-electron chi connectivity index (χ0n) is 8.66. The van der Waals surface area contributed by atoms with Gasteiger partial charge in [-0.2, -0.15) is 0 Å². The molecule has 0 aromatic heterocycles. The van der Waals surface area contributed by atoms with Crippen LogP contribution in [0.2, 0.25) is 0 Å². The summed E-state index contributed by atoms with van der Waals surface area (Å²) >= 11 is 0. The number of halogens is 1. The molecule has 1 unspecified atom stereocenters. The molecule has 0 spiro atoms. The van der Waals surface area contributed by atoms with Gasteiger partial charge in [0.2, 0.25) is 5.91 Å². The molecule has 0 bridgehead atoms. The summed E-state index contributed by atoms with van der Waals surface area (Å²) in [5.74, 6) is -0.395. The van der Waals surface area contributed by atoms with E-state index in [1.54, 1.807) is 12.1 Å². The lowest BCUT2D eigenvalue weighted by molar-refractivity contribution is -0.120. The van der Waals surface area contributed by atoms with Crippen LogP contribution < -0.4 is 11.1 Å². The minimum absolute atomic E-state index is 0.0535. The van der Waals surface area contributed by atoms with E-state index in [0.29, 0.717) is 6.54 Å². The molecule has 3 N–H and O–H groups in total. The van der Waals surface area contributed by atoms with Gasteiger partial charge in [0.1, 0.15) is 5.82 Å². The van der Waals surface area contributed by atoms with Crippen molar-refractivity contribution < 1.29 is 9.18 Å². The van der Waals surface area contributed by atoms with Gasteiger partial charge in [-0.15, -0.1) is 0 Å². The van der Waals surface area contributed by atoms with Crippen LogP contribution in [0.1, 0.15) is 12.5 Å². The molecule has 0 aliphatic carbocycles. The fraction of sp³-hybridized carbons (Fsp3) is 0.364. The molecule has 0 fully saturated rings. The van der Waals surface area contributed by atoms with Gasteiger partial charge >= 0.3 is 0 Å². The van der Waals surface area contributed by atoms with E-state index in [4.69, 9.17) is 5.73 Å². The maximum absolute atomic E-state index is 12.6. The van der Waals surface area contributed by atoms with Gasteiger partial charge in [-0.3, -0.25) is 4.79 Å². The number of benzene rings is 1. The number of carbonyl (C=O) groups is 1. The third kappa shape index (κ3) is 4.56. The molecule has 82 valence electrons. The van der Waals surface area contributed by atoms with Crippen LogP contribution in [0.15, 0.2) is 24.3 Å². The van der Waals surface area contributed by atoms with Crippen molar-refractivity contribution in [2.24, 2.45) is 5.73 Å². The van der Waals surface area contributed by atoms with Gasteiger partial charge in [-0.1, -0.05) is 12.1 Å². The zero-order chi connectivity index (χ0) is 11.3. The molecule has 3 nitrogen and oxygen atoms in total. The van der Waals surface area contributed by atoms with E-state index in [1.165, 1.54) is 12.1 Å². The van der Waals surface area contributed by atoms with Crippen molar-refractivity contribution in [1.29, 1.82) is 0 Å². The molecular weight excluding hydrogens is 195 g/mol. The minimum Gasteiger partial charge on any atom is -0.354 e. The normalized spacial score (nSPS) is 12.2. The Morgan fingerprint density at radius 1 is 1.47 bits per heavy atom. The molecule has 15 heavy (non-hydrogen) atoms. The predicted molar refractivity (Wildman–Crippen MR) is 56.8 cm³/mol. The van der Waals surface area contributed by atoms with Crippen LogP contribution in [-0.2, 0) is 11.2 Å². The van der Waals surface area contributed by atoms with Crippen molar-refractivity contribution in [2.75, 3.05) is 6.54 Å². The second-order valence-electron chi connectivity index (χ2n) is 3.58. The van der Waals surface area contributed by atoms with Crippen molar-refractivity contribution in [3.05, 3.63) is 35.6 Å². The van der Waals surface area contributed by atoms with E-state index in [2.05, 4.69) is 5.32 Å². The van der Waals surface area contributed by atoms with Crippen LogP contribution in [-0.4, -0.2) is 18.5 Å². The standard InChI is InChI=1S/C11H15FN2O/c1-8(13)7-14-11(15)6-9-2-4-10(12)5-3-9/h2-5,8H,6-7,13H2,1H3,(H,14,15). The van der Waals surface area contributed by atoms with Crippen LogP contribution in [0.4, 0.5) is 4.39 Å². The highest BCUT2D eigenvalue weighted by atomic mass is 19.1. The summed E-state index contributed by atoms with van der Waals surface area (Å²) in [6.45, 7) is 2.28. The summed E-state index contributed by atoms with van der Waals surface area (Å²) in [7, 11) is 0. The quantitative estimate of drug-likeness (QED) is 0.773. The van der Waals surface area contributed by atoms with Gasteiger partial charge in [0.05, 0.1) is 6.42 Å². The number of rotatable bonds is 4. The van der Waals surface area contributed by atoms with Gasteiger partial charge in [0.25, 0.3) is 0 Å². The molecule has 0 saturated carbocycles. The number of amides is 1. The van der Waals surface area contributed by atoms with Crippen LogP contribution in [0.25, 0.3) is 0 Å². The Bertz CT molecular complexity index is 322. The highest BCUT2D eigenvalue weighted by Gasteiger charge is 2.03. The van der Waals surface area contributed by atoms with Gasteiger partial charge in [-0.05, 0) is 24.6 Å². The highest BCUT2D eigenvalue weighted by molar-refractivity contribution is 5.78. The average Bonchev–Trinajstić information content (AvgIpc) is 2.19. The third-order valence-electron chi connectivity index (χ3n) is 1.90. The molecule has 0 radical (unpaired) electrons.